The smallest absolute Gasteiger partial charge is 0.274 e. The maximum atomic E-state index is 12.5. The zero-order valence-electron chi connectivity index (χ0n) is 8.58. The molecule has 1 aromatic heterocycles. The van der Waals surface area contributed by atoms with Crippen LogP contribution in [0.1, 0.15) is 16.1 Å². The minimum absolute atomic E-state index is 0.542. The summed E-state index contributed by atoms with van der Waals surface area (Å²) >= 11 is 0. The molecule has 1 aromatic rings. The molecule has 7 heteroatoms. The van der Waals surface area contributed by atoms with Gasteiger partial charge in [-0.1, -0.05) is 0 Å². The molecule has 0 atom stereocenters. The molecule has 0 fully saturated rings. The summed E-state index contributed by atoms with van der Waals surface area (Å²) in [5.74, 6) is -0.900. The predicted molar refractivity (Wildman–Crippen MR) is 48.3 cm³/mol. The Morgan fingerprint density at radius 1 is 1.50 bits per heavy atom. The van der Waals surface area contributed by atoms with Gasteiger partial charge in [-0.3, -0.25) is 14.6 Å². The Labute approximate surface area is 89.6 Å². The van der Waals surface area contributed by atoms with Crippen molar-refractivity contribution in [3.05, 3.63) is 29.6 Å². The van der Waals surface area contributed by atoms with Crippen molar-refractivity contribution in [2.45, 2.75) is 6.18 Å². The molecular weight excluding hydrogens is 225 g/mol. The lowest BCUT2D eigenvalue weighted by molar-refractivity contribution is -0.142. The Morgan fingerprint density at radius 2 is 2.12 bits per heavy atom. The van der Waals surface area contributed by atoms with E-state index in [1.54, 1.807) is 0 Å². The van der Waals surface area contributed by atoms with Crippen LogP contribution in [0, 0.1) is 0 Å². The van der Waals surface area contributed by atoms with Crippen molar-refractivity contribution in [3.63, 3.8) is 0 Å². The van der Waals surface area contributed by atoms with Gasteiger partial charge in [0.1, 0.15) is 0 Å². The van der Waals surface area contributed by atoms with E-state index in [9.17, 15) is 18.0 Å². The Kier molecular flexibility index (Phi) is 3.48. The van der Waals surface area contributed by atoms with Gasteiger partial charge < -0.3 is 0 Å². The van der Waals surface area contributed by atoms with Crippen LogP contribution in [0.25, 0.3) is 0 Å². The number of nitrogens with zero attached hydrogens (tertiary/aromatic N) is 2. The molecule has 1 amide bonds. The third kappa shape index (κ3) is 2.48. The molecule has 1 rings (SSSR count). The third-order valence-electron chi connectivity index (χ3n) is 1.87. The minimum atomic E-state index is -4.67. The lowest BCUT2D eigenvalue weighted by Crippen LogP contribution is -2.28. The van der Waals surface area contributed by atoms with E-state index in [4.69, 9.17) is 0 Å². The fraction of sp³-hybridized carbons (Fsp3) is 0.333. The van der Waals surface area contributed by atoms with Gasteiger partial charge in [0.2, 0.25) is 0 Å². The highest BCUT2D eigenvalue weighted by Crippen LogP contribution is 2.30. The zero-order chi connectivity index (χ0) is 12.3. The van der Waals surface area contributed by atoms with Crippen LogP contribution in [0.5, 0.6) is 0 Å². The first-order chi connectivity index (χ1) is 7.38. The van der Waals surface area contributed by atoms with Crippen LogP contribution in [0.15, 0.2) is 18.3 Å². The Hall–Kier alpha value is -1.63. The van der Waals surface area contributed by atoms with Gasteiger partial charge in [-0.2, -0.15) is 13.2 Å². The molecule has 0 aliphatic carbocycles. The molecule has 1 heterocycles. The first-order valence-corrected chi connectivity index (χ1v) is 4.22. The second-order valence-electron chi connectivity index (χ2n) is 2.88. The number of amides is 1. The number of aromatic nitrogens is 1. The lowest BCUT2D eigenvalue weighted by atomic mass is 10.1. The second kappa shape index (κ2) is 4.48. The summed E-state index contributed by atoms with van der Waals surface area (Å²) in [4.78, 5) is 19.2. The standard InChI is InChI=1S/C9H9F3N2O2/c1-14(16-2)8(15)6-4-3-5-13-7(6)9(10,11)12/h3-5H,1-2H3. The van der Waals surface area contributed by atoms with Gasteiger partial charge in [0, 0.05) is 13.2 Å². The fourth-order valence-electron chi connectivity index (χ4n) is 1.06. The summed E-state index contributed by atoms with van der Waals surface area (Å²) in [6.45, 7) is 0. The van der Waals surface area contributed by atoms with Crippen LogP contribution in [0.2, 0.25) is 0 Å². The minimum Gasteiger partial charge on any atom is -0.274 e. The molecule has 0 unspecified atom stereocenters. The van der Waals surface area contributed by atoms with Gasteiger partial charge in [0.25, 0.3) is 5.91 Å². The highest BCUT2D eigenvalue weighted by Gasteiger charge is 2.37. The number of hydroxylamine groups is 2. The van der Waals surface area contributed by atoms with Crippen molar-refractivity contribution in [2.75, 3.05) is 14.2 Å². The predicted octanol–water partition coefficient (Wildman–Crippen LogP) is 1.73. The van der Waals surface area contributed by atoms with Crippen molar-refractivity contribution in [1.82, 2.24) is 10.0 Å². The molecule has 88 valence electrons. The van der Waals surface area contributed by atoms with E-state index >= 15 is 0 Å². The molecule has 0 aromatic carbocycles. The van der Waals surface area contributed by atoms with Gasteiger partial charge in [-0.25, -0.2) is 5.06 Å². The number of carbonyl (C=O) groups is 1. The molecular formula is C9H9F3N2O2. The summed E-state index contributed by atoms with van der Waals surface area (Å²) in [6.07, 6.45) is -3.69. The molecule has 0 aliphatic heterocycles. The third-order valence-corrected chi connectivity index (χ3v) is 1.87. The van der Waals surface area contributed by atoms with Gasteiger partial charge in [0.15, 0.2) is 5.69 Å². The first-order valence-electron chi connectivity index (χ1n) is 4.22. The monoisotopic (exact) mass is 234 g/mol. The van der Waals surface area contributed by atoms with E-state index in [2.05, 4.69) is 9.82 Å². The summed E-state index contributed by atoms with van der Waals surface area (Å²) in [5.41, 5.74) is -1.76. The van der Waals surface area contributed by atoms with Crippen molar-refractivity contribution < 1.29 is 22.8 Å². The largest absolute Gasteiger partial charge is 0.434 e. The molecule has 4 nitrogen and oxygen atoms in total. The quantitative estimate of drug-likeness (QED) is 0.732. The van der Waals surface area contributed by atoms with Crippen molar-refractivity contribution in [3.8, 4) is 0 Å². The number of hydrogen-bond donors (Lipinski definition) is 0. The number of hydrogen-bond acceptors (Lipinski definition) is 3. The van der Waals surface area contributed by atoms with Crippen LogP contribution in [0.4, 0.5) is 13.2 Å². The average Bonchev–Trinajstić information content (AvgIpc) is 2.26. The number of alkyl halides is 3. The zero-order valence-corrected chi connectivity index (χ0v) is 8.58. The van der Waals surface area contributed by atoms with Crippen molar-refractivity contribution in [2.24, 2.45) is 0 Å². The van der Waals surface area contributed by atoms with Gasteiger partial charge in [0.05, 0.1) is 12.7 Å². The molecule has 0 spiro atoms. The Bertz CT molecular complexity index is 393. The van der Waals surface area contributed by atoms with Crippen LogP contribution in [-0.4, -0.2) is 30.1 Å². The molecule has 0 N–H and O–H groups in total. The topological polar surface area (TPSA) is 42.4 Å². The van der Waals surface area contributed by atoms with E-state index < -0.39 is 23.3 Å². The maximum Gasteiger partial charge on any atom is 0.434 e. The van der Waals surface area contributed by atoms with Crippen molar-refractivity contribution >= 4 is 5.91 Å². The van der Waals surface area contributed by atoms with E-state index in [1.807, 2.05) is 0 Å². The maximum absolute atomic E-state index is 12.5. The highest BCUT2D eigenvalue weighted by atomic mass is 19.4. The summed E-state index contributed by atoms with van der Waals surface area (Å²) < 4.78 is 37.5. The molecule has 16 heavy (non-hydrogen) atoms. The summed E-state index contributed by atoms with van der Waals surface area (Å²) in [7, 11) is 2.40. The van der Waals surface area contributed by atoms with E-state index in [-0.39, 0.29) is 0 Å². The second-order valence-corrected chi connectivity index (χ2v) is 2.88. The Morgan fingerprint density at radius 3 is 2.62 bits per heavy atom. The molecule has 0 saturated carbocycles. The molecule has 0 aliphatic rings. The van der Waals surface area contributed by atoms with Gasteiger partial charge >= 0.3 is 6.18 Å². The SMILES string of the molecule is CON(C)C(=O)c1cccnc1C(F)(F)F. The summed E-state index contributed by atoms with van der Waals surface area (Å²) in [5, 5.41) is 0.701. The van der Waals surface area contributed by atoms with Gasteiger partial charge in [-0.05, 0) is 12.1 Å². The normalized spacial score (nSPS) is 11.3. The van der Waals surface area contributed by atoms with Crippen LogP contribution < -0.4 is 0 Å². The number of pyridine rings is 1. The number of halogens is 3. The van der Waals surface area contributed by atoms with Crippen molar-refractivity contribution in [1.29, 1.82) is 0 Å². The lowest BCUT2D eigenvalue weighted by Gasteiger charge is -2.16. The number of rotatable bonds is 2. The highest BCUT2D eigenvalue weighted by molar-refractivity contribution is 5.94. The molecule has 0 bridgehead atoms. The van der Waals surface area contributed by atoms with Crippen LogP contribution >= 0.6 is 0 Å². The van der Waals surface area contributed by atoms with E-state index in [0.717, 1.165) is 12.3 Å². The van der Waals surface area contributed by atoms with Crippen LogP contribution in [-0.2, 0) is 11.0 Å². The van der Waals surface area contributed by atoms with E-state index in [0.29, 0.717) is 5.06 Å². The fourth-order valence-corrected chi connectivity index (χ4v) is 1.06. The first kappa shape index (κ1) is 12.4. The van der Waals surface area contributed by atoms with Gasteiger partial charge in [-0.15, -0.1) is 0 Å². The van der Waals surface area contributed by atoms with Crippen LogP contribution in [0.3, 0.4) is 0 Å². The number of carbonyl (C=O) groups excluding carboxylic acids is 1. The molecule has 0 radical (unpaired) electrons. The van der Waals surface area contributed by atoms with E-state index in [1.165, 1.54) is 20.2 Å². The molecule has 0 saturated heterocycles. The summed E-state index contributed by atoms with van der Waals surface area (Å²) in [6, 6.07) is 2.31. The average molecular weight is 234 g/mol. The Balaban J connectivity index is 3.19.